The molecular formula is C14H26O2. The maximum Gasteiger partial charge on any atom is 0.0698 e. The van der Waals surface area contributed by atoms with Crippen LogP contribution >= 0.6 is 0 Å². The number of aliphatic hydroxyl groups is 1. The molecule has 1 aliphatic carbocycles. The van der Waals surface area contributed by atoms with E-state index in [1.165, 1.54) is 32.1 Å². The third-order valence-electron chi connectivity index (χ3n) is 4.76. The lowest BCUT2D eigenvalue weighted by molar-refractivity contribution is -0.0527. The van der Waals surface area contributed by atoms with Crippen LogP contribution in [0.4, 0.5) is 0 Å². The molecule has 16 heavy (non-hydrogen) atoms. The topological polar surface area (TPSA) is 29.5 Å². The Bertz CT molecular complexity index is 199. The fourth-order valence-corrected chi connectivity index (χ4v) is 3.47. The molecule has 1 saturated heterocycles. The predicted octanol–water partition coefficient (Wildman–Crippen LogP) is 3.13. The van der Waals surface area contributed by atoms with Crippen molar-refractivity contribution in [1.29, 1.82) is 0 Å². The SMILES string of the molecule is CCC1CCC(C2(O)CCCOCC2)CC1. The average Bonchev–Trinajstić information content (AvgIpc) is 2.55. The minimum atomic E-state index is -0.408. The van der Waals surface area contributed by atoms with Crippen LogP contribution in [0.3, 0.4) is 0 Å². The third kappa shape index (κ3) is 2.78. The Balaban J connectivity index is 1.90. The molecule has 0 amide bonds. The van der Waals surface area contributed by atoms with Crippen molar-refractivity contribution in [2.45, 2.75) is 63.9 Å². The molecule has 2 fully saturated rings. The molecule has 1 atom stereocenters. The molecule has 0 radical (unpaired) electrons. The normalized spacial score (nSPS) is 41.6. The first-order valence-corrected chi connectivity index (χ1v) is 7.05. The largest absolute Gasteiger partial charge is 0.390 e. The van der Waals surface area contributed by atoms with E-state index in [9.17, 15) is 5.11 Å². The van der Waals surface area contributed by atoms with Gasteiger partial charge in [-0.2, -0.15) is 0 Å². The Morgan fingerprint density at radius 3 is 2.56 bits per heavy atom. The molecule has 1 aliphatic heterocycles. The van der Waals surface area contributed by atoms with E-state index in [1.54, 1.807) is 0 Å². The zero-order chi connectivity index (χ0) is 11.4. The molecule has 0 aromatic carbocycles. The molecule has 2 nitrogen and oxygen atoms in total. The maximum absolute atomic E-state index is 10.8. The van der Waals surface area contributed by atoms with E-state index in [0.29, 0.717) is 5.92 Å². The molecule has 0 bridgehead atoms. The maximum atomic E-state index is 10.8. The highest BCUT2D eigenvalue weighted by Gasteiger charge is 2.38. The standard InChI is InChI=1S/C14H26O2/c1-2-12-4-6-13(7-5-12)14(15)8-3-10-16-11-9-14/h12-13,15H,2-11H2,1H3. The minimum absolute atomic E-state index is 0.408. The van der Waals surface area contributed by atoms with Gasteiger partial charge in [0.1, 0.15) is 0 Å². The van der Waals surface area contributed by atoms with Crippen LogP contribution in [0.1, 0.15) is 58.3 Å². The highest BCUT2D eigenvalue weighted by molar-refractivity contribution is 4.90. The lowest BCUT2D eigenvalue weighted by atomic mass is 9.70. The van der Waals surface area contributed by atoms with E-state index in [0.717, 1.165) is 38.4 Å². The summed E-state index contributed by atoms with van der Waals surface area (Å²) in [5, 5.41) is 10.8. The summed E-state index contributed by atoms with van der Waals surface area (Å²) in [5.41, 5.74) is -0.408. The molecule has 0 aromatic heterocycles. The summed E-state index contributed by atoms with van der Waals surface area (Å²) < 4.78 is 5.46. The first-order valence-electron chi connectivity index (χ1n) is 7.05. The summed E-state index contributed by atoms with van der Waals surface area (Å²) in [4.78, 5) is 0. The van der Waals surface area contributed by atoms with Gasteiger partial charge in [-0.15, -0.1) is 0 Å². The van der Waals surface area contributed by atoms with E-state index in [-0.39, 0.29) is 0 Å². The molecule has 0 spiro atoms. The van der Waals surface area contributed by atoms with Crippen LogP contribution in [-0.2, 0) is 4.74 Å². The Kier molecular flexibility index (Phi) is 4.26. The third-order valence-corrected chi connectivity index (χ3v) is 4.76. The number of hydrogen-bond acceptors (Lipinski definition) is 2. The molecular weight excluding hydrogens is 200 g/mol. The minimum Gasteiger partial charge on any atom is -0.390 e. The lowest BCUT2D eigenvalue weighted by Crippen LogP contribution is -2.40. The van der Waals surface area contributed by atoms with Gasteiger partial charge in [-0.1, -0.05) is 26.2 Å². The van der Waals surface area contributed by atoms with Gasteiger partial charge in [-0.05, 0) is 43.9 Å². The summed E-state index contributed by atoms with van der Waals surface area (Å²) in [6.07, 6.45) is 9.26. The second-order valence-electron chi connectivity index (χ2n) is 5.70. The Morgan fingerprint density at radius 2 is 1.88 bits per heavy atom. The van der Waals surface area contributed by atoms with Gasteiger partial charge in [0.2, 0.25) is 0 Å². The molecule has 1 heterocycles. The van der Waals surface area contributed by atoms with Gasteiger partial charge < -0.3 is 9.84 Å². The van der Waals surface area contributed by atoms with Gasteiger partial charge >= 0.3 is 0 Å². The summed E-state index contributed by atoms with van der Waals surface area (Å²) in [6, 6.07) is 0. The van der Waals surface area contributed by atoms with Crippen LogP contribution < -0.4 is 0 Å². The Labute approximate surface area is 99.4 Å². The second kappa shape index (κ2) is 5.50. The van der Waals surface area contributed by atoms with Crippen LogP contribution in [0, 0.1) is 11.8 Å². The number of ether oxygens (including phenoxy) is 1. The first-order chi connectivity index (χ1) is 7.74. The van der Waals surface area contributed by atoms with Gasteiger partial charge in [0.25, 0.3) is 0 Å². The number of rotatable bonds is 2. The highest BCUT2D eigenvalue weighted by atomic mass is 16.5. The van der Waals surface area contributed by atoms with E-state index >= 15 is 0 Å². The van der Waals surface area contributed by atoms with Gasteiger partial charge in [0.15, 0.2) is 0 Å². The first kappa shape index (κ1) is 12.4. The Hall–Kier alpha value is -0.0800. The summed E-state index contributed by atoms with van der Waals surface area (Å²) >= 11 is 0. The molecule has 0 aromatic rings. The zero-order valence-corrected chi connectivity index (χ0v) is 10.6. The van der Waals surface area contributed by atoms with Crippen molar-refractivity contribution in [1.82, 2.24) is 0 Å². The van der Waals surface area contributed by atoms with E-state index in [2.05, 4.69) is 6.92 Å². The predicted molar refractivity (Wildman–Crippen MR) is 65.4 cm³/mol. The van der Waals surface area contributed by atoms with E-state index in [1.807, 2.05) is 0 Å². The fourth-order valence-electron chi connectivity index (χ4n) is 3.47. The average molecular weight is 226 g/mol. The van der Waals surface area contributed by atoms with Crippen LogP contribution in [0.15, 0.2) is 0 Å². The zero-order valence-electron chi connectivity index (χ0n) is 10.6. The monoisotopic (exact) mass is 226 g/mol. The molecule has 2 aliphatic rings. The van der Waals surface area contributed by atoms with E-state index < -0.39 is 5.60 Å². The molecule has 1 unspecified atom stereocenters. The van der Waals surface area contributed by atoms with Crippen LogP contribution in [0.25, 0.3) is 0 Å². The quantitative estimate of drug-likeness (QED) is 0.784. The smallest absolute Gasteiger partial charge is 0.0698 e. The molecule has 1 saturated carbocycles. The summed E-state index contributed by atoms with van der Waals surface area (Å²) in [5.74, 6) is 1.46. The van der Waals surface area contributed by atoms with Crippen LogP contribution in [0.5, 0.6) is 0 Å². The Morgan fingerprint density at radius 1 is 1.12 bits per heavy atom. The van der Waals surface area contributed by atoms with Gasteiger partial charge in [0, 0.05) is 13.2 Å². The van der Waals surface area contributed by atoms with Gasteiger partial charge in [0.05, 0.1) is 5.60 Å². The molecule has 1 N–H and O–H groups in total. The van der Waals surface area contributed by atoms with E-state index in [4.69, 9.17) is 4.74 Å². The molecule has 2 heteroatoms. The summed E-state index contributed by atoms with van der Waals surface area (Å²) in [7, 11) is 0. The van der Waals surface area contributed by atoms with Crippen LogP contribution in [0.2, 0.25) is 0 Å². The lowest BCUT2D eigenvalue weighted by Gasteiger charge is -2.39. The van der Waals surface area contributed by atoms with Crippen molar-refractivity contribution in [2.75, 3.05) is 13.2 Å². The van der Waals surface area contributed by atoms with Crippen molar-refractivity contribution in [3.63, 3.8) is 0 Å². The van der Waals surface area contributed by atoms with Gasteiger partial charge in [-0.3, -0.25) is 0 Å². The number of hydrogen-bond donors (Lipinski definition) is 1. The van der Waals surface area contributed by atoms with Crippen molar-refractivity contribution in [3.8, 4) is 0 Å². The second-order valence-corrected chi connectivity index (χ2v) is 5.70. The molecule has 94 valence electrons. The summed E-state index contributed by atoms with van der Waals surface area (Å²) in [6.45, 7) is 3.88. The van der Waals surface area contributed by atoms with Gasteiger partial charge in [-0.25, -0.2) is 0 Å². The van der Waals surface area contributed by atoms with Crippen molar-refractivity contribution >= 4 is 0 Å². The highest BCUT2D eigenvalue weighted by Crippen LogP contribution is 2.41. The van der Waals surface area contributed by atoms with Crippen LogP contribution in [-0.4, -0.2) is 23.9 Å². The van der Waals surface area contributed by atoms with Crippen molar-refractivity contribution < 1.29 is 9.84 Å². The van der Waals surface area contributed by atoms with Crippen molar-refractivity contribution in [3.05, 3.63) is 0 Å². The molecule has 2 rings (SSSR count). The fraction of sp³-hybridized carbons (Fsp3) is 1.00. The van der Waals surface area contributed by atoms with Crippen molar-refractivity contribution in [2.24, 2.45) is 11.8 Å².